The molecule has 3 heteroatoms. The van der Waals surface area contributed by atoms with Crippen LogP contribution < -0.4 is 5.32 Å². The molecule has 0 aromatic heterocycles. The van der Waals surface area contributed by atoms with Gasteiger partial charge in [0, 0.05) is 6.54 Å². The lowest BCUT2D eigenvalue weighted by molar-refractivity contribution is 0.140. The molecule has 1 aromatic rings. The first kappa shape index (κ1) is 13.6. The number of carbonyl (C=O) groups excluding carboxylic acids is 1. The van der Waals surface area contributed by atoms with Crippen LogP contribution in [0.2, 0.25) is 0 Å². The topological polar surface area (TPSA) is 38.3 Å². The van der Waals surface area contributed by atoms with Gasteiger partial charge in [0.15, 0.2) is 0 Å². The van der Waals surface area contributed by atoms with E-state index in [1.165, 1.54) is 5.56 Å². The largest absolute Gasteiger partial charge is 0.445 e. The van der Waals surface area contributed by atoms with Gasteiger partial charge in [-0.2, -0.15) is 0 Å². The number of alkyl carbamates (subject to hydrolysis) is 1. The molecule has 1 N–H and O–H groups in total. The summed E-state index contributed by atoms with van der Waals surface area (Å²) in [6.45, 7) is 9.28. The minimum atomic E-state index is -0.368. The molecule has 1 aromatic carbocycles. The third-order valence-corrected chi connectivity index (χ3v) is 2.51. The van der Waals surface area contributed by atoms with E-state index in [0.717, 1.165) is 5.56 Å². The third kappa shape index (κ3) is 4.47. The van der Waals surface area contributed by atoms with Crippen LogP contribution in [0.4, 0.5) is 4.79 Å². The summed E-state index contributed by atoms with van der Waals surface area (Å²) in [5.41, 5.74) is 2.43. The first-order valence-corrected chi connectivity index (χ1v) is 5.93. The molecule has 0 saturated carbocycles. The van der Waals surface area contributed by atoms with E-state index < -0.39 is 0 Å². The molecule has 0 unspecified atom stereocenters. The fourth-order valence-corrected chi connectivity index (χ4v) is 1.45. The van der Waals surface area contributed by atoms with Crippen molar-refractivity contribution in [3.63, 3.8) is 0 Å². The molecule has 1 amide bonds. The SMILES string of the molecule is CCNC(=O)OCc1ccc(C(C)(C)C)cc1. The zero-order valence-electron chi connectivity index (χ0n) is 11.0. The van der Waals surface area contributed by atoms with Gasteiger partial charge in [-0.3, -0.25) is 0 Å². The van der Waals surface area contributed by atoms with Crippen molar-refractivity contribution in [1.82, 2.24) is 5.32 Å². The van der Waals surface area contributed by atoms with Crippen LogP contribution in [-0.2, 0) is 16.8 Å². The zero-order chi connectivity index (χ0) is 12.9. The second-order valence-corrected chi connectivity index (χ2v) is 5.05. The van der Waals surface area contributed by atoms with E-state index in [2.05, 4.69) is 38.2 Å². The monoisotopic (exact) mass is 235 g/mol. The summed E-state index contributed by atoms with van der Waals surface area (Å²) < 4.78 is 5.04. The van der Waals surface area contributed by atoms with Crippen LogP contribution in [0.15, 0.2) is 24.3 Å². The van der Waals surface area contributed by atoms with Crippen molar-refractivity contribution in [2.75, 3.05) is 6.54 Å². The van der Waals surface area contributed by atoms with Crippen LogP contribution in [0, 0.1) is 0 Å². The first-order valence-electron chi connectivity index (χ1n) is 5.93. The Balaban J connectivity index is 2.54. The molecule has 0 saturated heterocycles. The summed E-state index contributed by atoms with van der Waals surface area (Å²) in [6, 6.07) is 8.16. The number of hydrogen-bond acceptors (Lipinski definition) is 2. The van der Waals surface area contributed by atoms with Crippen LogP contribution in [0.25, 0.3) is 0 Å². The standard InChI is InChI=1S/C14H21NO2/c1-5-15-13(16)17-10-11-6-8-12(9-7-11)14(2,3)4/h6-9H,5,10H2,1-4H3,(H,15,16). The number of rotatable bonds is 3. The minimum Gasteiger partial charge on any atom is -0.445 e. The fraction of sp³-hybridized carbons (Fsp3) is 0.500. The Morgan fingerprint density at radius 3 is 2.29 bits per heavy atom. The Bertz CT molecular complexity index is 363. The van der Waals surface area contributed by atoms with E-state index in [1.54, 1.807) is 0 Å². The molecule has 94 valence electrons. The Morgan fingerprint density at radius 2 is 1.82 bits per heavy atom. The minimum absolute atomic E-state index is 0.152. The number of ether oxygens (including phenoxy) is 1. The predicted octanol–water partition coefficient (Wildman–Crippen LogP) is 3.23. The highest BCUT2D eigenvalue weighted by atomic mass is 16.5. The van der Waals surface area contributed by atoms with E-state index in [0.29, 0.717) is 13.2 Å². The number of amides is 1. The summed E-state index contributed by atoms with van der Waals surface area (Å²) in [6.07, 6.45) is -0.368. The molecule has 0 fully saturated rings. The maximum Gasteiger partial charge on any atom is 0.407 e. The van der Waals surface area contributed by atoms with Gasteiger partial charge in [-0.05, 0) is 23.5 Å². The molecular weight excluding hydrogens is 214 g/mol. The van der Waals surface area contributed by atoms with E-state index in [4.69, 9.17) is 4.74 Å². The lowest BCUT2D eigenvalue weighted by Gasteiger charge is -2.19. The first-order chi connectivity index (χ1) is 7.93. The van der Waals surface area contributed by atoms with Crippen molar-refractivity contribution in [3.8, 4) is 0 Å². The molecule has 17 heavy (non-hydrogen) atoms. The van der Waals surface area contributed by atoms with E-state index in [1.807, 2.05) is 19.1 Å². The number of hydrogen-bond donors (Lipinski definition) is 1. The van der Waals surface area contributed by atoms with Crippen LogP contribution in [0.3, 0.4) is 0 Å². The molecule has 0 heterocycles. The number of nitrogens with one attached hydrogen (secondary N) is 1. The second-order valence-electron chi connectivity index (χ2n) is 5.05. The lowest BCUT2D eigenvalue weighted by atomic mass is 9.87. The maximum atomic E-state index is 11.1. The molecule has 3 nitrogen and oxygen atoms in total. The Morgan fingerprint density at radius 1 is 1.24 bits per heavy atom. The highest BCUT2D eigenvalue weighted by Gasteiger charge is 2.12. The van der Waals surface area contributed by atoms with Gasteiger partial charge in [0.2, 0.25) is 0 Å². The van der Waals surface area contributed by atoms with Gasteiger partial charge < -0.3 is 10.1 Å². The smallest absolute Gasteiger partial charge is 0.407 e. The molecule has 0 atom stereocenters. The van der Waals surface area contributed by atoms with Gasteiger partial charge in [-0.25, -0.2) is 4.79 Å². The van der Waals surface area contributed by atoms with E-state index in [-0.39, 0.29) is 11.5 Å². The van der Waals surface area contributed by atoms with Crippen molar-refractivity contribution in [2.24, 2.45) is 0 Å². The van der Waals surface area contributed by atoms with Gasteiger partial charge in [0.1, 0.15) is 6.61 Å². The average Bonchev–Trinajstić information content (AvgIpc) is 2.26. The zero-order valence-corrected chi connectivity index (χ0v) is 11.0. The fourth-order valence-electron chi connectivity index (χ4n) is 1.45. The van der Waals surface area contributed by atoms with Crippen molar-refractivity contribution in [1.29, 1.82) is 0 Å². The molecule has 0 aliphatic carbocycles. The highest BCUT2D eigenvalue weighted by Crippen LogP contribution is 2.22. The summed E-state index contributed by atoms with van der Waals surface area (Å²) >= 11 is 0. The Kier molecular flexibility index (Phi) is 4.55. The average molecular weight is 235 g/mol. The Labute approximate surface area is 103 Å². The van der Waals surface area contributed by atoms with E-state index >= 15 is 0 Å². The summed E-state index contributed by atoms with van der Waals surface area (Å²) in [4.78, 5) is 11.1. The summed E-state index contributed by atoms with van der Waals surface area (Å²) in [5.74, 6) is 0. The summed E-state index contributed by atoms with van der Waals surface area (Å²) in [7, 11) is 0. The second kappa shape index (κ2) is 5.71. The Hall–Kier alpha value is -1.51. The summed E-state index contributed by atoms with van der Waals surface area (Å²) in [5, 5.41) is 2.59. The molecule has 0 radical (unpaired) electrons. The van der Waals surface area contributed by atoms with Crippen LogP contribution in [0.1, 0.15) is 38.8 Å². The van der Waals surface area contributed by atoms with Crippen LogP contribution in [-0.4, -0.2) is 12.6 Å². The lowest BCUT2D eigenvalue weighted by Crippen LogP contribution is -2.23. The van der Waals surface area contributed by atoms with Crippen molar-refractivity contribution >= 4 is 6.09 Å². The van der Waals surface area contributed by atoms with Crippen molar-refractivity contribution in [3.05, 3.63) is 35.4 Å². The number of benzene rings is 1. The van der Waals surface area contributed by atoms with Gasteiger partial charge in [-0.1, -0.05) is 45.0 Å². The van der Waals surface area contributed by atoms with E-state index in [9.17, 15) is 4.79 Å². The quantitative estimate of drug-likeness (QED) is 0.873. The maximum absolute atomic E-state index is 11.1. The highest BCUT2D eigenvalue weighted by molar-refractivity contribution is 5.66. The molecule has 0 spiro atoms. The normalized spacial score (nSPS) is 11.1. The van der Waals surface area contributed by atoms with Crippen LogP contribution >= 0.6 is 0 Å². The molecule has 0 aliphatic heterocycles. The molecule has 0 aliphatic rings. The van der Waals surface area contributed by atoms with Gasteiger partial charge in [-0.15, -0.1) is 0 Å². The molecule has 1 rings (SSSR count). The predicted molar refractivity (Wildman–Crippen MR) is 69.0 cm³/mol. The van der Waals surface area contributed by atoms with Crippen LogP contribution in [0.5, 0.6) is 0 Å². The van der Waals surface area contributed by atoms with Gasteiger partial charge in [0.05, 0.1) is 0 Å². The van der Waals surface area contributed by atoms with Crippen molar-refractivity contribution < 1.29 is 9.53 Å². The van der Waals surface area contributed by atoms with Gasteiger partial charge >= 0.3 is 6.09 Å². The number of carbonyl (C=O) groups is 1. The molecular formula is C14H21NO2. The van der Waals surface area contributed by atoms with Gasteiger partial charge in [0.25, 0.3) is 0 Å². The molecule has 0 bridgehead atoms. The third-order valence-electron chi connectivity index (χ3n) is 2.51. The van der Waals surface area contributed by atoms with Crippen molar-refractivity contribution in [2.45, 2.75) is 39.7 Å².